The van der Waals surface area contributed by atoms with E-state index in [0.29, 0.717) is 23.7 Å². The third-order valence-electron chi connectivity index (χ3n) is 6.29. The average Bonchev–Trinajstić information content (AvgIpc) is 3.31. The maximum atomic E-state index is 13.4. The molecule has 4 aromatic rings. The van der Waals surface area contributed by atoms with Gasteiger partial charge in [-0.3, -0.25) is 13.9 Å². The lowest BCUT2D eigenvalue weighted by atomic mass is 10.1. The second-order valence-electron chi connectivity index (χ2n) is 8.33. The van der Waals surface area contributed by atoms with E-state index in [1.54, 1.807) is 7.05 Å². The van der Waals surface area contributed by atoms with Gasteiger partial charge in [0, 0.05) is 25.8 Å². The normalized spacial score (nSPS) is 13.2. The molecular formula is C24H25N5O2. The summed E-state index contributed by atoms with van der Waals surface area (Å²) in [6, 6.07) is 14.1. The highest BCUT2D eigenvalue weighted by Crippen LogP contribution is 2.34. The van der Waals surface area contributed by atoms with Crippen LogP contribution in [0.5, 0.6) is 0 Å². The minimum absolute atomic E-state index is 0.240. The standard InChI is InChI=1S/C24H25N5O2/c1-15-7-5-9-18(13-15)14-29-22(30)20-21(26(4)24(29)31)25-23-27(11-12-28(20)23)19-10-6-8-16(2)17(19)3/h5-10,13H,11-12,14H2,1-4H3. The smallest absolute Gasteiger partial charge is 0.310 e. The Balaban J connectivity index is 1.69. The molecule has 158 valence electrons. The molecular weight excluding hydrogens is 390 g/mol. The number of hydrogen-bond acceptors (Lipinski definition) is 4. The number of hydrogen-bond donors (Lipinski definition) is 0. The van der Waals surface area contributed by atoms with Crippen LogP contribution in [0.15, 0.2) is 52.1 Å². The zero-order valence-corrected chi connectivity index (χ0v) is 18.2. The summed E-state index contributed by atoms with van der Waals surface area (Å²) in [6.07, 6.45) is 0. The highest BCUT2D eigenvalue weighted by molar-refractivity contribution is 5.78. The summed E-state index contributed by atoms with van der Waals surface area (Å²) < 4.78 is 4.75. The second-order valence-corrected chi connectivity index (χ2v) is 8.33. The SMILES string of the molecule is Cc1cccc(Cn2c(=O)c3c(nc4n3CCN4c3cccc(C)c3C)n(C)c2=O)c1. The van der Waals surface area contributed by atoms with Crippen LogP contribution in [0.1, 0.15) is 22.3 Å². The number of anilines is 2. The maximum absolute atomic E-state index is 13.4. The Morgan fingerprint density at radius 2 is 1.77 bits per heavy atom. The van der Waals surface area contributed by atoms with Crippen molar-refractivity contribution >= 4 is 22.8 Å². The molecule has 0 saturated carbocycles. The Morgan fingerprint density at radius 1 is 1.00 bits per heavy atom. The number of aromatic nitrogens is 4. The third-order valence-corrected chi connectivity index (χ3v) is 6.29. The van der Waals surface area contributed by atoms with Crippen molar-refractivity contribution in [2.24, 2.45) is 7.05 Å². The molecule has 7 nitrogen and oxygen atoms in total. The topological polar surface area (TPSA) is 65.1 Å². The van der Waals surface area contributed by atoms with Crippen molar-refractivity contribution in [3.8, 4) is 0 Å². The van der Waals surface area contributed by atoms with Crippen molar-refractivity contribution < 1.29 is 0 Å². The molecule has 7 heteroatoms. The van der Waals surface area contributed by atoms with E-state index in [2.05, 4.69) is 30.9 Å². The molecule has 0 unspecified atom stereocenters. The Bertz CT molecular complexity index is 1460. The van der Waals surface area contributed by atoms with Gasteiger partial charge in [-0.05, 0) is 43.5 Å². The van der Waals surface area contributed by atoms with E-state index < -0.39 is 0 Å². The zero-order valence-electron chi connectivity index (χ0n) is 18.2. The van der Waals surface area contributed by atoms with E-state index in [1.165, 1.54) is 20.3 Å². The molecule has 0 aliphatic carbocycles. The number of fused-ring (bicyclic) bond motifs is 3. The molecule has 0 saturated heterocycles. The summed E-state index contributed by atoms with van der Waals surface area (Å²) in [4.78, 5) is 33.4. The second kappa shape index (κ2) is 6.97. The monoisotopic (exact) mass is 415 g/mol. The van der Waals surface area contributed by atoms with E-state index in [4.69, 9.17) is 4.98 Å². The fourth-order valence-electron chi connectivity index (χ4n) is 4.47. The summed E-state index contributed by atoms with van der Waals surface area (Å²) in [6.45, 7) is 7.82. The van der Waals surface area contributed by atoms with Gasteiger partial charge in [0.15, 0.2) is 11.2 Å². The summed E-state index contributed by atoms with van der Waals surface area (Å²) in [7, 11) is 1.68. The predicted octanol–water partition coefficient (Wildman–Crippen LogP) is 3.02. The highest BCUT2D eigenvalue weighted by Gasteiger charge is 2.29. The molecule has 2 aromatic heterocycles. The highest BCUT2D eigenvalue weighted by atomic mass is 16.2. The summed E-state index contributed by atoms with van der Waals surface area (Å²) in [5.41, 5.74) is 5.77. The fourth-order valence-corrected chi connectivity index (χ4v) is 4.47. The number of benzene rings is 2. The van der Waals surface area contributed by atoms with Crippen molar-refractivity contribution in [1.29, 1.82) is 0 Å². The van der Waals surface area contributed by atoms with Crippen molar-refractivity contribution in [1.82, 2.24) is 18.7 Å². The first-order chi connectivity index (χ1) is 14.9. The van der Waals surface area contributed by atoms with Gasteiger partial charge in [-0.25, -0.2) is 4.79 Å². The molecule has 0 bridgehead atoms. The lowest BCUT2D eigenvalue weighted by Crippen LogP contribution is -2.40. The first-order valence-electron chi connectivity index (χ1n) is 10.5. The van der Waals surface area contributed by atoms with Gasteiger partial charge >= 0.3 is 5.69 Å². The zero-order chi connectivity index (χ0) is 21.9. The van der Waals surface area contributed by atoms with Gasteiger partial charge in [-0.15, -0.1) is 0 Å². The molecule has 0 fully saturated rings. The van der Waals surface area contributed by atoms with Crippen LogP contribution in [0.3, 0.4) is 0 Å². The number of imidazole rings is 1. The first-order valence-corrected chi connectivity index (χ1v) is 10.5. The van der Waals surface area contributed by atoms with Gasteiger partial charge in [-0.1, -0.05) is 42.0 Å². The minimum atomic E-state index is -0.353. The molecule has 3 heterocycles. The lowest BCUT2D eigenvalue weighted by Gasteiger charge is -2.19. The predicted molar refractivity (Wildman–Crippen MR) is 122 cm³/mol. The molecule has 5 rings (SSSR count). The Labute approximate surface area is 179 Å². The fraction of sp³-hybridized carbons (Fsp3) is 0.292. The van der Waals surface area contributed by atoms with Crippen molar-refractivity contribution in [3.05, 3.63) is 85.6 Å². The Kier molecular flexibility index (Phi) is 4.36. The molecule has 0 amide bonds. The van der Waals surface area contributed by atoms with Crippen LogP contribution < -0.4 is 16.1 Å². The van der Waals surface area contributed by atoms with Gasteiger partial charge in [0.1, 0.15) is 0 Å². The molecule has 2 aromatic carbocycles. The van der Waals surface area contributed by atoms with Crippen LogP contribution >= 0.6 is 0 Å². The molecule has 0 N–H and O–H groups in total. The van der Waals surface area contributed by atoms with Gasteiger partial charge in [0.05, 0.1) is 6.54 Å². The largest absolute Gasteiger partial charge is 0.332 e. The Hall–Kier alpha value is -3.61. The quantitative estimate of drug-likeness (QED) is 0.516. The number of nitrogens with zero attached hydrogens (tertiary/aromatic N) is 5. The molecule has 1 aliphatic rings. The Morgan fingerprint density at radius 3 is 2.55 bits per heavy atom. The van der Waals surface area contributed by atoms with E-state index in [9.17, 15) is 9.59 Å². The molecule has 31 heavy (non-hydrogen) atoms. The van der Waals surface area contributed by atoms with Gasteiger partial charge in [0.2, 0.25) is 5.95 Å². The summed E-state index contributed by atoms with van der Waals surface area (Å²) in [5, 5.41) is 0. The molecule has 0 spiro atoms. The van der Waals surface area contributed by atoms with Crippen molar-refractivity contribution in [2.45, 2.75) is 33.9 Å². The van der Waals surface area contributed by atoms with Gasteiger partial charge in [0.25, 0.3) is 5.56 Å². The van der Waals surface area contributed by atoms with E-state index in [-0.39, 0.29) is 17.8 Å². The van der Waals surface area contributed by atoms with Crippen molar-refractivity contribution in [2.75, 3.05) is 11.4 Å². The number of aryl methyl sites for hydroxylation is 3. The molecule has 1 aliphatic heterocycles. The van der Waals surface area contributed by atoms with Crippen molar-refractivity contribution in [3.63, 3.8) is 0 Å². The summed E-state index contributed by atoms with van der Waals surface area (Å²) >= 11 is 0. The van der Waals surface area contributed by atoms with Crippen LogP contribution in [0.4, 0.5) is 11.6 Å². The van der Waals surface area contributed by atoms with E-state index in [0.717, 1.165) is 23.4 Å². The van der Waals surface area contributed by atoms with Crippen LogP contribution in [-0.2, 0) is 20.1 Å². The van der Waals surface area contributed by atoms with Crippen LogP contribution in [0.25, 0.3) is 11.2 Å². The van der Waals surface area contributed by atoms with E-state index in [1.807, 2.05) is 41.8 Å². The van der Waals surface area contributed by atoms with E-state index >= 15 is 0 Å². The number of rotatable bonds is 3. The average molecular weight is 415 g/mol. The molecule has 0 radical (unpaired) electrons. The maximum Gasteiger partial charge on any atom is 0.332 e. The van der Waals surface area contributed by atoms with Crippen LogP contribution in [0.2, 0.25) is 0 Å². The molecule has 0 atom stereocenters. The minimum Gasteiger partial charge on any atom is -0.310 e. The summed E-state index contributed by atoms with van der Waals surface area (Å²) in [5.74, 6) is 0.712. The first kappa shape index (κ1) is 19.4. The third kappa shape index (κ3) is 2.91. The lowest BCUT2D eigenvalue weighted by molar-refractivity contribution is 0.652. The van der Waals surface area contributed by atoms with Gasteiger partial charge in [-0.2, -0.15) is 4.98 Å². The van der Waals surface area contributed by atoms with Crippen LogP contribution in [-0.4, -0.2) is 25.2 Å². The van der Waals surface area contributed by atoms with Gasteiger partial charge < -0.3 is 9.47 Å². The van der Waals surface area contributed by atoms with Crippen LogP contribution in [0, 0.1) is 20.8 Å².